The minimum absolute atomic E-state index is 0.00207. The van der Waals surface area contributed by atoms with Crippen LogP contribution in [0.4, 0.5) is 14.6 Å². The minimum Gasteiger partial charge on any atom is -0.391 e. The van der Waals surface area contributed by atoms with E-state index in [0.717, 1.165) is 30.6 Å². The van der Waals surface area contributed by atoms with Gasteiger partial charge in [0.05, 0.1) is 17.0 Å². The van der Waals surface area contributed by atoms with Crippen LogP contribution in [0.25, 0.3) is 10.4 Å². The predicted octanol–water partition coefficient (Wildman–Crippen LogP) is 3.84. The van der Waals surface area contributed by atoms with Crippen LogP contribution in [0.3, 0.4) is 0 Å². The third kappa shape index (κ3) is 4.90. The average molecular weight is 494 g/mol. The van der Waals surface area contributed by atoms with Gasteiger partial charge in [0.1, 0.15) is 11.5 Å². The molecule has 3 atom stereocenters. The Labute approximate surface area is 200 Å². The molecular weight excluding hydrogens is 464 g/mol. The number of aromatic nitrogens is 2. The number of rotatable bonds is 8. The van der Waals surface area contributed by atoms with Crippen LogP contribution in [0, 0.1) is 0 Å². The van der Waals surface area contributed by atoms with Crippen LogP contribution in [0.5, 0.6) is 0 Å². The van der Waals surface area contributed by atoms with E-state index in [1.807, 2.05) is 13.8 Å². The topological polar surface area (TPSA) is 107 Å². The first-order valence-electron chi connectivity index (χ1n) is 11.6. The highest BCUT2D eigenvalue weighted by Crippen LogP contribution is 2.39. The zero-order valence-electron chi connectivity index (χ0n) is 19.2. The molecule has 0 bridgehead atoms. The van der Waals surface area contributed by atoms with Gasteiger partial charge in [0, 0.05) is 36.5 Å². The third-order valence-electron chi connectivity index (χ3n) is 6.36. The van der Waals surface area contributed by atoms with Gasteiger partial charge in [0.25, 0.3) is 18.2 Å². The van der Waals surface area contributed by atoms with Crippen molar-refractivity contribution in [1.29, 1.82) is 0 Å². The molecule has 184 valence electrons. The van der Waals surface area contributed by atoms with Gasteiger partial charge in [0.2, 0.25) is 0 Å². The number of carbonyl (C=O) groups is 2. The van der Waals surface area contributed by atoms with Crippen LogP contribution in [-0.2, 0) is 0 Å². The highest BCUT2D eigenvalue weighted by molar-refractivity contribution is 7.17. The largest absolute Gasteiger partial charge is 0.391 e. The van der Waals surface area contributed by atoms with Gasteiger partial charge in [-0.25, -0.2) is 18.7 Å². The molecule has 1 saturated carbocycles. The van der Waals surface area contributed by atoms with Crippen molar-refractivity contribution in [2.45, 2.75) is 70.6 Å². The molecule has 3 N–H and O–H groups in total. The van der Waals surface area contributed by atoms with Crippen LogP contribution in [0.1, 0.15) is 78.2 Å². The molecule has 2 aromatic heterocycles. The summed E-state index contributed by atoms with van der Waals surface area (Å²) < 4.78 is 28.1. The van der Waals surface area contributed by atoms with Gasteiger partial charge in [-0.2, -0.15) is 0 Å². The summed E-state index contributed by atoms with van der Waals surface area (Å²) in [5.74, 6) is -0.591. The maximum absolute atomic E-state index is 14.1. The molecule has 3 heterocycles. The molecule has 1 aliphatic carbocycles. The molecule has 8 nitrogen and oxygen atoms in total. The van der Waals surface area contributed by atoms with Crippen molar-refractivity contribution in [3.63, 3.8) is 0 Å². The molecule has 2 fully saturated rings. The van der Waals surface area contributed by atoms with Crippen LogP contribution in [-0.4, -0.2) is 63.1 Å². The summed E-state index contributed by atoms with van der Waals surface area (Å²) in [4.78, 5) is 36.7. The molecule has 2 amide bonds. The highest BCUT2D eigenvalue weighted by Gasteiger charge is 2.35. The maximum Gasteiger partial charge on any atom is 0.280 e. The van der Waals surface area contributed by atoms with E-state index < -0.39 is 18.4 Å². The van der Waals surface area contributed by atoms with Crippen LogP contribution >= 0.6 is 11.3 Å². The fourth-order valence-electron chi connectivity index (χ4n) is 4.19. The zero-order valence-corrected chi connectivity index (χ0v) is 20.0. The molecule has 0 aromatic carbocycles. The summed E-state index contributed by atoms with van der Waals surface area (Å²) in [6, 6.07) is 0.907. The molecule has 34 heavy (non-hydrogen) atoms. The predicted molar refractivity (Wildman–Crippen MR) is 125 cm³/mol. The van der Waals surface area contributed by atoms with E-state index in [1.54, 1.807) is 4.90 Å². The first-order valence-corrected chi connectivity index (χ1v) is 12.4. The number of likely N-dealkylation sites (tertiary alicyclic amines) is 1. The van der Waals surface area contributed by atoms with Crippen molar-refractivity contribution in [2.24, 2.45) is 0 Å². The number of carbonyl (C=O) groups excluding carboxylic acids is 2. The van der Waals surface area contributed by atoms with E-state index in [2.05, 4.69) is 20.6 Å². The fraction of sp³-hybridized carbons (Fsp3) is 0.565. The maximum atomic E-state index is 14.1. The van der Waals surface area contributed by atoms with Crippen LogP contribution in [0.2, 0.25) is 0 Å². The van der Waals surface area contributed by atoms with Crippen molar-refractivity contribution in [3.8, 4) is 10.4 Å². The standard InChI is InChI=1S/C23H29F2N5O3S/c1-3-8-26-17-10-13(20(24)25)14(11-27-17)19-18(23(33)30-9-4-5-12(30)2)29-22(34-19)21(32)28-15-6-7-16(15)31/h10-12,15-16,20,31H,3-9H2,1-2H3,(H,26,27)(H,28,32)/t12-,15+,16-/m0/s1. The van der Waals surface area contributed by atoms with Gasteiger partial charge in [-0.3, -0.25) is 9.59 Å². The number of alkyl halides is 2. The van der Waals surface area contributed by atoms with E-state index in [1.165, 1.54) is 12.3 Å². The zero-order chi connectivity index (χ0) is 24.4. The van der Waals surface area contributed by atoms with Crippen molar-refractivity contribution in [2.75, 3.05) is 18.4 Å². The molecule has 1 aliphatic heterocycles. The summed E-state index contributed by atoms with van der Waals surface area (Å²) in [6.45, 7) is 5.03. The van der Waals surface area contributed by atoms with Gasteiger partial charge in [-0.15, -0.1) is 11.3 Å². The molecule has 11 heteroatoms. The van der Waals surface area contributed by atoms with Crippen molar-refractivity contribution < 1.29 is 23.5 Å². The van der Waals surface area contributed by atoms with Gasteiger partial charge in [-0.1, -0.05) is 6.92 Å². The van der Waals surface area contributed by atoms with Crippen LogP contribution < -0.4 is 10.6 Å². The van der Waals surface area contributed by atoms with E-state index >= 15 is 0 Å². The number of thiazole rings is 1. The Morgan fingerprint density at radius 3 is 2.71 bits per heavy atom. The summed E-state index contributed by atoms with van der Waals surface area (Å²) in [7, 11) is 0. The van der Waals surface area contributed by atoms with E-state index in [-0.39, 0.29) is 44.7 Å². The van der Waals surface area contributed by atoms with Gasteiger partial charge >= 0.3 is 0 Å². The van der Waals surface area contributed by atoms with E-state index in [9.17, 15) is 23.5 Å². The molecule has 4 rings (SSSR count). The molecule has 0 unspecified atom stereocenters. The van der Waals surface area contributed by atoms with Crippen molar-refractivity contribution in [1.82, 2.24) is 20.2 Å². The monoisotopic (exact) mass is 493 g/mol. The second kappa shape index (κ2) is 10.3. The molecule has 2 aromatic rings. The number of aliphatic hydroxyl groups is 1. The third-order valence-corrected chi connectivity index (χ3v) is 7.45. The van der Waals surface area contributed by atoms with Gasteiger partial charge < -0.3 is 20.6 Å². The fourth-order valence-corrected chi connectivity index (χ4v) is 5.18. The molecule has 1 saturated heterocycles. The SMILES string of the molecule is CCCNc1cc(C(F)F)c(-c2sc(C(=O)N[C@@H]3CC[C@@H]3O)nc2C(=O)N2CCC[C@@H]2C)cn1. The first kappa shape index (κ1) is 24.5. The summed E-state index contributed by atoms with van der Waals surface area (Å²) >= 11 is 0.896. The lowest BCUT2D eigenvalue weighted by molar-refractivity contribution is 0.0447. The summed E-state index contributed by atoms with van der Waals surface area (Å²) in [6.07, 6.45) is 1.64. The molecule has 0 spiro atoms. The quantitative estimate of drug-likeness (QED) is 0.516. The molecule has 0 radical (unpaired) electrons. The number of anilines is 1. The number of hydrogen-bond donors (Lipinski definition) is 3. The number of nitrogens with one attached hydrogen (secondary N) is 2. The highest BCUT2D eigenvalue weighted by atomic mass is 32.1. The second-order valence-corrected chi connectivity index (χ2v) is 9.79. The summed E-state index contributed by atoms with van der Waals surface area (Å²) in [5, 5.41) is 15.5. The van der Waals surface area contributed by atoms with Crippen LogP contribution in [0.15, 0.2) is 12.3 Å². The second-order valence-electron chi connectivity index (χ2n) is 8.80. The number of halogens is 2. The number of amides is 2. The smallest absolute Gasteiger partial charge is 0.280 e. The first-order chi connectivity index (χ1) is 16.3. The normalized spacial score (nSPS) is 22.1. The Balaban J connectivity index is 1.74. The Hall–Kier alpha value is -2.66. The van der Waals surface area contributed by atoms with Crippen molar-refractivity contribution >= 4 is 29.0 Å². The number of nitrogens with zero attached hydrogens (tertiary/aromatic N) is 3. The molecule has 2 aliphatic rings. The lowest BCUT2D eigenvalue weighted by Crippen LogP contribution is -2.50. The van der Waals surface area contributed by atoms with Gasteiger partial charge in [-0.05, 0) is 45.1 Å². The van der Waals surface area contributed by atoms with Crippen molar-refractivity contribution in [3.05, 3.63) is 28.5 Å². The average Bonchev–Trinajstić information content (AvgIpc) is 3.46. The Bertz CT molecular complexity index is 1060. The lowest BCUT2D eigenvalue weighted by atomic mass is 9.89. The van der Waals surface area contributed by atoms with E-state index in [4.69, 9.17) is 0 Å². The van der Waals surface area contributed by atoms with E-state index in [0.29, 0.717) is 31.7 Å². The minimum atomic E-state index is -2.81. The Morgan fingerprint density at radius 1 is 1.32 bits per heavy atom. The lowest BCUT2D eigenvalue weighted by Gasteiger charge is -2.32. The summed E-state index contributed by atoms with van der Waals surface area (Å²) in [5.41, 5.74) is -0.203. The number of pyridine rings is 1. The Kier molecular flexibility index (Phi) is 7.42. The number of hydrogen-bond acceptors (Lipinski definition) is 7. The van der Waals surface area contributed by atoms with Gasteiger partial charge in [0.15, 0.2) is 5.01 Å². The Morgan fingerprint density at radius 2 is 2.12 bits per heavy atom. The molecular formula is C23H29F2N5O3S. The number of aliphatic hydroxyl groups excluding tert-OH is 1.